The first-order chi connectivity index (χ1) is 8.43. The molecule has 0 aromatic rings. The smallest absolute Gasteiger partial charge is 0.315 e. The van der Waals surface area contributed by atoms with Crippen molar-refractivity contribution in [2.75, 3.05) is 6.54 Å². The molecule has 1 fully saturated rings. The van der Waals surface area contributed by atoms with Crippen molar-refractivity contribution in [3.8, 4) is 0 Å². The summed E-state index contributed by atoms with van der Waals surface area (Å²) in [4.78, 5) is 34.9. The summed E-state index contributed by atoms with van der Waals surface area (Å²) in [6.07, 6.45) is 2.96. The van der Waals surface area contributed by atoms with Gasteiger partial charge in [0.05, 0.1) is 0 Å². The molecule has 0 bridgehead atoms. The van der Waals surface area contributed by atoms with Crippen LogP contribution in [0, 0.1) is 5.92 Å². The van der Waals surface area contributed by atoms with E-state index in [1.165, 1.54) is 6.92 Å². The minimum Gasteiger partial charge on any atom is -0.481 e. The molecule has 18 heavy (non-hydrogen) atoms. The van der Waals surface area contributed by atoms with Crippen molar-refractivity contribution < 1.29 is 24.6 Å². The molecule has 0 radical (unpaired) electrons. The molecule has 102 valence electrons. The van der Waals surface area contributed by atoms with Crippen molar-refractivity contribution in [2.24, 2.45) is 5.92 Å². The zero-order chi connectivity index (χ0) is 13.7. The van der Waals surface area contributed by atoms with Gasteiger partial charge in [-0.1, -0.05) is 0 Å². The average Bonchev–Trinajstić information content (AvgIpc) is 2.34. The van der Waals surface area contributed by atoms with E-state index in [1.807, 2.05) is 0 Å². The van der Waals surface area contributed by atoms with Gasteiger partial charge in [0, 0.05) is 19.0 Å². The molecular formula is C12H19NO5. The number of nitrogens with zero attached hydrogens (tertiary/aromatic N) is 1. The fourth-order valence-corrected chi connectivity index (χ4v) is 2.24. The molecule has 1 heterocycles. The minimum atomic E-state index is -1.14. The van der Waals surface area contributed by atoms with Gasteiger partial charge in [-0.3, -0.25) is 14.4 Å². The van der Waals surface area contributed by atoms with Crippen LogP contribution in [0.3, 0.4) is 0 Å². The third kappa shape index (κ3) is 3.72. The largest absolute Gasteiger partial charge is 0.481 e. The number of hydrogen-bond donors (Lipinski definition) is 2. The van der Waals surface area contributed by atoms with Crippen molar-refractivity contribution in [2.45, 2.75) is 45.1 Å². The zero-order valence-corrected chi connectivity index (χ0v) is 10.5. The van der Waals surface area contributed by atoms with E-state index in [4.69, 9.17) is 10.2 Å². The van der Waals surface area contributed by atoms with E-state index >= 15 is 0 Å². The molecule has 1 aliphatic rings. The molecule has 6 nitrogen and oxygen atoms in total. The monoisotopic (exact) mass is 257 g/mol. The topological polar surface area (TPSA) is 94.9 Å². The second kappa shape index (κ2) is 6.37. The fraction of sp³-hybridized carbons (Fsp3) is 0.750. The highest BCUT2D eigenvalue weighted by Crippen LogP contribution is 2.22. The minimum absolute atomic E-state index is 0.00982. The van der Waals surface area contributed by atoms with E-state index in [0.717, 1.165) is 19.3 Å². The van der Waals surface area contributed by atoms with Crippen LogP contribution in [0.2, 0.25) is 0 Å². The SMILES string of the molecule is CC(C(=O)O)C(=O)N1CCCCC1CCC(=O)O. The van der Waals surface area contributed by atoms with Crippen LogP contribution in [0.25, 0.3) is 0 Å². The Morgan fingerprint density at radius 2 is 1.94 bits per heavy atom. The molecule has 1 saturated heterocycles. The van der Waals surface area contributed by atoms with Crippen molar-refractivity contribution >= 4 is 17.8 Å². The number of hydrogen-bond acceptors (Lipinski definition) is 3. The first-order valence-corrected chi connectivity index (χ1v) is 6.18. The molecular weight excluding hydrogens is 238 g/mol. The molecule has 0 aliphatic carbocycles. The second-order valence-corrected chi connectivity index (χ2v) is 4.67. The first kappa shape index (κ1) is 14.5. The Balaban J connectivity index is 2.66. The molecule has 1 rings (SSSR count). The number of carboxylic acids is 2. The van der Waals surface area contributed by atoms with Crippen LogP contribution in [0.4, 0.5) is 0 Å². The second-order valence-electron chi connectivity index (χ2n) is 4.67. The Morgan fingerprint density at radius 1 is 1.28 bits per heavy atom. The number of carbonyl (C=O) groups is 3. The van der Waals surface area contributed by atoms with E-state index in [0.29, 0.717) is 13.0 Å². The number of likely N-dealkylation sites (tertiary alicyclic amines) is 1. The Hall–Kier alpha value is -1.59. The van der Waals surface area contributed by atoms with E-state index in [2.05, 4.69) is 0 Å². The van der Waals surface area contributed by atoms with Crippen LogP contribution in [-0.2, 0) is 14.4 Å². The summed E-state index contributed by atoms with van der Waals surface area (Å²) in [6, 6.07) is -0.135. The van der Waals surface area contributed by atoms with Gasteiger partial charge in [0.1, 0.15) is 5.92 Å². The summed E-state index contributed by atoms with van der Waals surface area (Å²) in [5.41, 5.74) is 0. The Kier molecular flexibility index (Phi) is 5.12. The van der Waals surface area contributed by atoms with Gasteiger partial charge in [0.25, 0.3) is 0 Å². The standard InChI is InChI=1S/C12H19NO5/c1-8(12(17)18)11(16)13-7-3-2-4-9(13)5-6-10(14)15/h8-9H,2-7H2,1H3,(H,14,15)(H,17,18). The van der Waals surface area contributed by atoms with Crippen LogP contribution < -0.4 is 0 Å². The van der Waals surface area contributed by atoms with Crippen molar-refractivity contribution in [3.05, 3.63) is 0 Å². The number of piperidine rings is 1. The average molecular weight is 257 g/mol. The molecule has 1 aliphatic heterocycles. The summed E-state index contributed by atoms with van der Waals surface area (Å²) in [5.74, 6) is -3.49. The first-order valence-electron chi connectivity index (χ1n) is 6.18. The van der Waals surface area contributed by atoms with E-state index in [-0.39, 0.29) is 12.5 Å². The maximum absolute atomic E-state index is 12.0. The molecule has 0 saturated carbocycles. The van der Waals surface area contributed by atoms with Gasteiger partial charge >= 0.3 is 11.9 Å². The number of amides is 1. The van der Waals surface area contributed by atoms with E-state index in [1.54, 1.807) is 4.90 Å². The summed E-state index contributed by atoms with van der Waals surface area (Å²) < 4.78 is 0. The third-order valence-corrected chi connectivity index (χ3v) is 3.34. The molecule has 0 spiro atoms. The number of rotatable bonds is 5. The van der Waals surface area contributed by atoms with Gasteiger partial charge in [0.2, 0.25) is 5.91 Å². The zero-order valence-electron chi connectivity index (χ0n) is 10.5. The maximum Gasteiger partial charge on any atom is 0.315 e. The fourth-order valence-electron chi connectivity index (χ4n) is 2.24. The highest BCUT2D eigenvalue weighted by atomic mass is 16.4. The lowest BCUT2D eigenvalue weighted by Gasteiger charge is -2.36. The number of carbonyl (C=O) groups excluding carboxylic acids is 1. The van der Waals surface area contributed by atoms with Crippen LogP contribution in [0.15, 0.2) is 0 Å². The quantitative estimate of drug-likeness (QED) is 0.715. The van der Waals surface area contributed by atoms with Gasteiger partial charge in [-0.2, -0.15) is 0 Å². The normalized spacial score (nSPS) is 21.4. The lowest BCUT2D eigenvalue weighted by atomic mass is 9.96. The van der Waals surface area contributed by atoms with Gasteiger partial charge < -0.3 is 15.1 Å². The van der Waals surface area contributed by atoms with E-state index < -0.39 is 23.8 Å². The Morgan fingerprint density at radius 3 is 2.50 bits per heavy atom. The molecule has 0 aromatic heterocycles. The lowest BCUT2D eigenvalue weighted by molar-refractivity contribution is -0.152. The van der Waals surface area contributed by atoms with Crippen LogP contribution in [-0.4, -0.2) is 45.5 Å². The Labute approximate surface area is 106 Å². The van der Waals surface area contributed by atoms with Gasteiger partial charge in [-0.25, -0.2) is 0 Å². The predicted octanol–water partition coefficient (Wildman–Crippen LogP) is 0.953. The summed E-state index contributed by atoms with van der Waals surface area (Å²) in [7, 11) is 0. The summed E-state index contributed by atoms with van der Waals surface area (Å²) >= 11 is 0. The Bertz CT molecular complexity index is 341. The van der Waals surface area contributed by atoms with Crippen LogP contribution in [0.1, 0.15) is 39.0 Å². The molecule has 6 heteroatoms. The van der Waals surface area contributed by atoms with Crippen LogP contribution in [0.5, 0.6) is 0 Å². The number of carboxylic acid groups (broad SMARTS) is 2. The van der Waals surface area contributed by atoms with Crippen molar-refractivity contribution in [1.82, 2.24) is 4.90 Å². The summed E-state index contributed by atoms with van der Waals surface area (Å²) in [5, 5.41) is 17.5. The molecule has 2 atom stereocenters. The maximum atomic E-state index is 12.0. The van der Waals surface area contributed by atoms with Crippen molar-refractivity contribution in [3.63, 3.8) is 0 Å². The molecule has 0 aromatic carbocycles. The lowest BCUT2D eigenvalue weighted by Crippen LogP contribution is -2.47. The number of aliphatic carboxylic acids is 2. The highest BCUT2D eigenvalue weighted by molar-refractivity contribution is 5.96. The van der Waals surface area contributed by atoms with Crippen molar-refractivity contribution in [1.29, 1.82) is 0 Å². The summed E-state index contributed by atoms with van der Waals surface area (Å²) in [6.45, 7) is 1.90. The van der Waals surface area contributed by atoms with E-state index in [9.17, 15) is 14.4 Å². The van der Waals surface area contributed by atoms with Gasteiger partial charge in [0.15, 0.2) is 0 Å². The van der Waals surface area contributed by atoms with Gasteiger partial charge in [-0.15, -0.1) is 0 Å². The molecule has 1 amide bonds. The predicted molar refractivity (Wildman–Crippen MR) is 63.0 cm³/mol. The third-order valence-electron chi connectivity index (χ3n) is 3.34. The molecule has 2 N–H and O–H groups in total. The van der Waals surface area contributed by atoms with Gasteiger partial charge in [-0.05, 0) is 32.6 Å². The highest BCUT2D eigenvalue weighted by Gasteiger charge is 2.32. The molecule has 2 unspecified atom stereocenters. The van der Waals surface area contributed by atoms with Crippen LogP contribution >= 0.6 is 0 Å².